The number of halogens is 2. The van der Waals surface area contributed by atoms with E-state index in [9.17, 15) is 9.59 Å². The van der Waals surface area contributed by atoms with Crippen LogP contribution in [-0.2, 0) is 14.3 Å². The number of hydrogen-bond acceptors (Lipinski definition) is 3. The second kappa shape index (κ2) is 5.10. The van der Waals surface area contributed by atoms with Crippen molar-refractivity contribution in [2.75, 3.05) is 0 Å². The summed E-state index contributed by atoms with van der Waals surface area (Å²) in [6, 6.07) is 0. The summed E-state index contributed by atoms with van der Waals surface area (Å²) in [4.78, 5) is 21.6. The van der Waals surface area contributed by atoms with Gasteiger partial charge in [0.15, 0.2) is 5.01 Å². The summed E-state index contributed by atoms with van der Waals surface area (Å²) >= 11 is 6.52. The SMILES string of the molecule is CC(=O)CC(=O)OC(Br)C(C)(C)Br. The number of hydrogen-bond donors (Lipinski definition) is 0. The number of ketones is 1. The van der Waals surface area contributed by atoms with Crippen molar-refractivity contribution in [2.45, 2.75) is 36.5 Å². The van der Waals surface area contributed by atoms with Crippen molar-refractivity contribution >= 4 is 43.6 Å². The maximum atomic E-state index is 11.0. The minimum absolute atomic E-state index is 0.175. The monoisotopic (exact) mass is 314 g/mol. The summed E-state index contributed by atoms with van der Waals surface area (Å²) in [7, 11) is 0. The Morgan fingerprint density at radius 2 is 1.92 bits per heavy atom. The predicted molar refractivity (Wildman–Crippen MR) is 57.1 cm³/mol. The Hall–Kier alpha value is 0.1000. The van der Waals surface area contributed by atoms with Crippen LogP contribution in [0.25, 0.3) is 0 Å². The van der Waals surface area contributed by atoms with Gasteiger partial charge in [0.05, 0.1) is 4.32 Å². The Bertz CT molecular complexity index is 208. The molecule has 0 bridgehead atoms. The standard InChI is InChI=1S/C8H12Br2O3/c1-5(11)4-6(12)13-7(9)8(2,3)10/h7H,4H2,1-3H3. The first-order valence-electron chi connectivity index (χ1n) is 3.75. The lowest BCUT2D eigenvalue weighted by atomic mass is 10.2. The highest BCUT2D eigenvalue weighted by Crippen LogP contribution is 2.27. The van der Waals surface area contributed by atoms with Crippen LogP contribution in [0.1, 0.15) is 27.2 Å². The average molecular weight is 316 g/mol. The molecule has 0 aliphatic heterocycles. The molecule has 0 aromatic carbocycles. The maximum absolute atomic E-state index is 11.0. The maximum Gasteiger partial charge on any atom is 0.314 e. The zero-order valence-corrected chi connectivity index (χ0v) is 10.9. The number of ether oxygens (including phenoxy) is 1. The highest BCUT2D eigenvalue weighted by Gasteiger charge is 2.27. The normalized spacial score (nSPS) is 13.6. The van der Waals surface area contributed by atoms with E-state index >= 15 is 0 Å². The second-order valence-corrected chi connectivity index (χ2v) is 6.12. The predicted octanol–water partition coefficient (Wildman–Crippen LogP) is 2.40. The molecule has 0 aromatic rings. The summed E-state index contributed by atoms with van der Waals surface area (Å²) in [5, 5.41) is -0.438. The molecule has 0 saturated carbocycles. The molecule has 0 saturated heterocycles. The molecule has 0 rings (SSSR count). The Morgan fingerprint density at radius 1 is 1.46 bits per heavy atom. The van der Waals surface area contributed by atoms with Crippen LogP contribution in [0, 0.1) is 0 Å². The van der Waals surface area contributed by atoms with Gasteiger partial charge in [0.25, 0.3) is 0 Å². The lowest BCUT2D eigenvalue weighted by molar-refractivity contribution is -0.147. The number of alkyl halides is 2. The summed E-state index contributed by atoms with van der Waals surface area (Å²) in [6.07, 6.45) is -0.175. The van der Waals surface area contributed by atoms with Gasteiger partial charge in [0.2, 0.25) is 0 Å². The molecule has 5 heteroatoms. The van der Waals surface area contributed by atoms with Crippen molar-refractivity contribution in [3.8, 4) is 0 Å². The molecule has 3 nitrogen and oxygen atoms in total. The van der Waals surface area contributed by atoms with E-state index in [2.05, 4.69) is 31.9 Å². The van der Waals surface area contributed by atoms with Gasteiger partial charge < -0.3 is 4.74 Å². The van der Waals surface area contributed by atoms with E-state index in [-0.39, 0.29) is 16.5 Å². The van der Waals surface area contributed by atoms with Crippen LogP contribution < -0.4 is 0 Å². The van der Waals surface area contributed by atoms with Crippen molar-refractivity contribution in [2.24, 2.45) is 0 Å². The van der Waals surface area contributed by atoms with Gasteiger partial charge in [-0.2, -0.15) is 0 Å². The first-order valence-corrected chi connectivity index (χ1v) is 5.46. The molecule has 0 aliphatic carbocycles. The van der Waals surface area contributed by atoms with Crippen LogP contribution in [-0.4, -0.2) is 21.1 Å². The van der Waals surface area contributed by atoms with Gasteiger partial charge in [0.1, 0.15) is 12.2 Å². The first-order chi connectivity index (χ1) is 5.73. The van der Waals surface area contributed by atoms with Gasteiger partial charge in [-0.1, -0.05) is 15.9 Å². The Kier molecular flexibility index (Phi) is 5.14. The smallest absolute Gasteiger partial charge is 0.314 e. The molecule has 0 spiro atoms. The molecule has 0 aliphatic rings. The zero-order chi connectivity index (χ0) is 10.6. The molecule has 0 heterocycles. The second-order valence-electron chi connectivity index (χ2n) is 3.25. The number of carbonyl (C=O) groups is 2. The fraction of sp³-hybridized carbons (Fsp3) is 0.750. The van der Waals surface area contributed by atoms with E-state index in [0.717, 1.165) is 0 Å². The molecule has 0 radical (unpaired) electrons. The lowest BCUT2D eigenvalue weighted by Gasteiger charge is -2.22. The minimum atomic E-state index is -0.512. The number of esters is 1. The molecule has 1 atom stereocenters. The highest BCUT2D eigenvalue weighted by molar-refractivity contribution is 9.12. The average Bonchev–Trinajstić information content (AvgIpc) is 1.82. The van der Waals surface area contributed by atoms with Gasteiger partial charge in [-0.15, -0.1) is 0 Å². The Labute approximate surface area is 94.5 Å². The van der Waals surface area contributed by atoms with Gasteiger partial charge in [-0.25, -0.2) is 0 Å². The van der Waals surface area contributed by atoms with E-state index in [0.29, 0.717) is 0 Å². The zero-order valence-electron chi connectivity index (χ0n) is 7.77. The van der Waals surface area contributed by atoms with Crippen molar-refractivity contribution in [3.05, 3.63) is 0 Å². The molecule has 0 N–H and O–H groups in total. The summed E-state index contributed by atoms with van der Waals surface area (Å²) in [5.41, 5.74) is 0. The fourth-order valence-electron chi connectivity index (χ4n) is 0.500. The number of rotatable bonds is 4. The van der Waals surface area contributed by atoms with Crippen molar-refractivity contribution in [1.29, 1.82) is 0 Å². The highest BCUT2D eigenvalue weighted by atomic mass is 79.9. The molecule has 1 unspecified atom stereocenters. The summed E-state index contributed by atoms with van der Waals surface area (Å²) in [5.74, 6) is -0.709. The van der Waals surface area contributed by atoms with E-state index in [4.69, 9.17) is 4.74 Å². The van der Waals surface area contributed by atoms with Crippen molar-refractivity contribution < 1.29 is 14.3 Å². The molecule has 13 heavy (non-hydrogen) atoms. The third kappa shape index (κ3) is 6.21. The molecule has 0 fully saturated rings. The molecular formula is C8H12Br2O3. The van der Waals surface area contributed by atoms with Crippen LogP contribution >= 0.6 is 31.9 Å². The van der Waals surface area contributed by atoms with Crippen LogP contribution in [0.2, 0.25) is 0 Å². The topological polar surface area (TPSA) is 43.4 Å². The van der Waals surface area contributed by atoms with Crippen molar-refractivity contribution in [3.63, 3.8) is 0 Å². The van der Waals surface area contributed by atoms with E-state index in [1.807, 2.05) is 13.8 Å². The van der Waals surface area contributed by atoms with Crippen LogP contribution in [0.4, 0.5) is 0 Å². The number of carbonyl (C=O) groups excluding carboxylic acids is 2. The number of Topliss-reactive ketones (excluding diaryl/α,β-unsaturated/α-hetero) is 1. The summed E-state index contributed by atoms with van der Waals surface area (Å²) < 4.78 is 4.59. The van der Waals surface area contributed by atoms with E-state index in [1.165, 1.54) is 6.92 Å². The molecule has 0 amide bonds. The Morgan fingerprint density at radius 3 is 2.23 bits per heavy atom. The quantitative estimate of drug-likeness (QED) is 0.454. The lowest BCUT2D eigenvalue weighted by Crippen LogP contribution is -2.29. The minimum Gasteiger partial charge on any atom is -0.449 e. The van der Waals surface area contributed by atoms with E-state index < -0.39 is 11.0 Å². The van der Waals surface area contributed by atoms with Gasteiger partial charge in [-0.05, 0) is 36.7 Å². The third-order valence-corrected chi connectivity index (χ3v) is 3.53. The van der Waals surface area contributed by atoms with Gasteiger partial charge in [0, 0.05) is 0 Å². The largest absolute Gasteiger partial charge is 0.449 e. The van der Waals surface area contributed by atoms with E-state index in [1.54, 1.807) is 0 Å². The van der Waals surface area contributed by atoms with Crippen LogP contribution in [0.15, 0.2) is 0 Å². The van der Waals surface area contributed by atoms with Crippen LogP contribution in [0.3, 0.4) is 0 Å². The van der Waals surface area contributed by atoms with Crippen molar-refractivity contribution in [1.82, 2.24) is 0 Å². The molecule has 0 aromatic heterocycles. The fourth-order valence-corrected chi connectivity index (χ4v) is 0.802. The molecular weight excluding hydrogens is 304 g/mol. The first kappa shape index (κ1) is 13.1. The van der Waals surface area contributed by atoms with Gasteiger partial charge >= 0.3 is 5.97 Å². The van der Waals surface area contributed by atoms with Crippen LogP contribution in [0.5, 0.6) is 0 Å². The molecule has 76 valence electrons. The Balaban J connectivity index is 4.00. The third-order valence-electron chi connectivity index (χ3n) is 1.17. The summed E-state index contributed by atoms with van der Waals surface area (Å²) in [6.45, 7) is 5.06. The van der Waals surface area contributed by atoms with Gasteiger partial charge in [-0.3, -0.25) is 9.59 Å².